The fraction of sp³-hybridized carbons (Fsp3) is 0.812. The summed E-state index contributed by atoms with van der Waals surface area (Å²) in [5.41, 5.74) is 0. The fourth-order valence-electron chi connectivity index (χ4n) is 6.60. The van der Waals surface area contributed by atoms with Crippen LogP contribution in [0.4, 0.5) is 0 Å². The number of hydrogen-bond acceptors (Lipinski definition) is 4. The van der Waals surface area contributed by atoms with E-state index in [0.29, 0.717) is 24.4 Å². The summed E-state index contributed by atoms with van der Waals surface area (Å²) in [6.07, 6.45) is 54.8. The molecule has 0 radical (unpaired) electrons. The summed E-state index contributed by atoms with van der Waals surface area (Å²) in [4.78, 5) is 28.6. The van der Waals surface area contributed by atoms with Gasteiger partial charge in [0.25, 0.3) is 0 Å². The van der Waals surface area contributed by atoms with Crippen molar-refractivity contribution in [3.63, 3.8) is 0 Å². The number of rotatable bonds is 40. The Morgan fingerprint density at radius 1 is 0.545 bits per heavy atom. The number of carbonyl (C=O) groups excluding carboxylic acids is 2. The van der Waals surface area contributed by atoms with Gasteiger partial charge in [-0.15, -0.1) is 12.8 Å². The molecule has 320 valence electrons. The van der Waals surface area contributed by atoms with E-state index in [1.165, 1.54) is 161 Å². The molecule has 0 heterocycles. The molecule has 0 saturated heterocycles. The van der Waals surface area contributed by atoms with Gasteiger partial charge >= 0.3 is 0 Å². The Morgan fingerprint density at radius 2 is 0.909 bits per heavy atom. The van der Waals surface area contributed by atoms with Gasteiger partial charge in [-0.25, -0.2) is 0 Å². The van der Waals surface area contributed by atoms with Crippen molar-refractivity contribution in [2.24, 2.45) is 0 Å². The largest absolute Gasteiger partial charge is 0.380 e. The van der Waals surface area contributed by atoms with Crippen molar-refractivity contribution in [2.45, 2.75) is 219 Å². The number of unbranched alkanes of at least 4 members (excludes halogenated alkanes) is 24. The van der Waals surface area contributed by atoms with E-state index in [9.17, 15) is 9.59 Å². The van der Waals surface area contributed by atoms with Crippen LogP contribution >= 0.6 is 12.2 Å². The highest BCUT2D eigenvalue weighted by atomic mass is 32.1. The summed E-state index contributed by atoms with van der Waals surface area (Å²) in [7, 11) is 4.01. The smallest absolute Gasteiger partial charge is 0.243 e. The molecular weight excluding hydrogens is 697 g/mol. The van der Waals surface area contributed by atoms with E-state index in [-0.39, 0.29) is 11.8 Å². The Hall–Kier alpha value is -2.17. The Labute approximate surface area is 348 Å². The van der Waals surface area contributed by atoms with Crippen molar-refractivity contribution in [1.82, 2.24) is 20.9 Å². The van der Waals surface area contributed by atoms with Crippen LogP contribution in [0.2, 0.25) is 0 Å². The van der Waals surface area contributed by atoms with Crippen molar-refractivity contribution < 1.29 is 9.59 Å². The van der Waals surface area contributed by atoms with E-state index in [0.717, 1.165) is 38.8 Å². The fourth-order valence-corrected chi connectivity index (χ4v) is 6.87. The first-order valence-corrected chi connectivity index (χ1v) is 23.4. The second-order valence-corrected chi connectivity index (χ2v) is 16.2. The van der Waals surface area contributed by atoms with Gasteiger partial charge in [0.15, 0.2) is 0 Å². The van der Waals surface area contributed by atoms with E-state index in [1.807, 2.05) is 14.1 Å². The third-order valence-corrected chi connectivity index (χ3v) is 10.4. The highest BCUT2D eigenvalue weighted by Gasteiger charge is 2.22. The maximum absolute atomic E-state index is 13.2. The molecule has 0 aromatic rings. The molecule has 0 aromatic carbocycles. The second kappa shape index (κ2) is 46.2. The Balaban J connectivity index is 0. The lowest BCUT2D eigenvalue weighted by Crippen LogP contribution is -2.49. The number of terminal acetylenes is 1. The number of allylic oxidation sites excluding steroid dienone is 4. The van der Waals surface area contributed by atoms with Crippen molar-refractivity contribution in [1.29, 1.82) is 0 Å². The van der Waals surface area contributed by atoms with Gasteiger partial charge in [-0.1, -0.05) is 166 Å². The maximum atomic E-state index is 13.2. The van der Waals surface area contributed by atoms with Gasteiger partial charge in [-0.2, -0.15) is 0 Å². The lowest BCUT2D eigenvalue weighted by Gasteiger charge is -2.20. The zero-order chi connectivity index (χ0) is 40.9. The van der Waals surface area contributed by atoms with Crippen LogP contribution in [0.3, 0.4) is 0 Å². The summed E-state index contributed by atoms with van der Waals surface area (Å²) >= 11 is 5.63. The van der Waals surface area contributed by atoms with Gasteiger partial charge in [-0.05, 0) is 91.3 Å². The Kier molecular flexibility index (Phi) is 46.2. The molecule has 0 spiro atoms. The van der Waals surface area contributed by atoms with Crippen LogP contribution in [0, 0.1) is 12.8 Å². The highest BCUT2D eigenvalue weighted by molar-refractivity contribution is 7.80. The van der Waals surface area contributed by atoms with Gasteiger partial charge in [0.2, 0.25) is 11.8 Å². The average Bonchev–Trinajstić information content (AvgIpc) is 3.17. The molecule has 6 nitrogen and oxygen atoms in total. The topological polar surface area (TPSA) is 73.5 Å². The minimum absolute atomic E-state index is 0.0830. The van der Waals surface area contributed by atoms with Crippen molar-refractivity contribution >= 4 is 29.0 Å². The predicted molar refractivity (Wildman–Crippen MR) is 247 cm³/mol. The van der Waals surface area contributed by atoms with Crippen LogP contribution in [0.1, 0.15) is 213 Å². The number of carbonyl (C=O) groups is 2. The first-order chi connectivity index (χ1) is 26.9. The third-order valence-electron chi connectivity index (χ3n) is 10.0. The normalized spacial score (nSPS) is 11.8. The van der Waals surface area contributed by atoms with Crippen molar-refractivity contribution in [3.05, 3.63) is 24.3 Å². The first-order valence-electron chi connectivity index (χ1n) is 23.0. The first kappa shape index (κ1) is 54.9. The summed E-state index contributed by atoms with van der Waals surface area (Å²) in [5.74, 6) is -0.208. The van der Waals surface area contributed by atoms with Gasteiger partial charge in [0.05, 0.1) is 4.99 Å². The van der Waals surface area contributed by atoms with Gasteiger partial charge in [0.1, 0.15) is 6.04 Å². The molecule has 0 aromatic heterocycles. The molecule has 0 aliphatic carbocycles. The Morgan fingerprint density at radius 3 is 1.31 bits per heavy atom. The molecule has 0 bridgehead atoms. The van der Waals surface area contributed by atoms with Crippen LogP contribution in [0.15, 0.2) is 24.3 Å². The molecule has 1 unspecified atom stereocenters. The molecule has 0 aliphatic rings. The minimum Gasteiger partial charge on any atom is -0.380 e. The van der Waals surface area contributed by atoms with E-state index < -0.39 is 6.04 Å². The van der Waals surface area contributed by atoms with Crippen LogP contribution in [-0.4, -0.2) is 61.5 Å². The number of hydrogen-bond donors (Lipinski definition) is 3. The summed E-state index contributed by atoms with van der Waals surface area (Å²) in [5, 5.41) is 9.41. The quantitative estimate of drug-likeness (QED) is 0.0250. The minimum atomic E-state index is -0.629. The van der Waals surface area contributed by atoms with Crippen LogP contribution in [0.5, 0.6) is 0 Å². The average molecular weight is 787 g/mol. The zero-order valence-corrected chi connectivity index (χ0v) is 37.6. The van der Waals surface area contributed by atoms with Gasteiger partial charge in [0, 0.05) is 25.9 Å². The van der Waals surface area contributed by atoms with Crippen LogP contribution in [-0.2, 0) is 9.59 Å². The molecule has 3 N–H and O–H groups in total. The molecular formula is C48H90N4O2S. The number of amides is 2. The molecule has 2 amide bonds. The standard InChI is InChI=1S/C46H88N4O2S.C2H2/c1-5-7-9-11-13-15-17-19-21-23-25-27-29-31-33-35-39-47-45(53)42-43(49-44(51)38-37-41-50(3)4)46(52)48-40-36-34-32-30-28-26-24-22-20-18-16-14-12-10-8-6-2;1-2/h19-22,43H,5-18,23-42H2,1-4H3,(H,47,53)(H,48,52)(H,49,51);1-2H/b21-19-,22-20-;. The van der Waals surface area contributed by atoms with E-state index in [1.54, 1.807) is 0 Å². The van der Waals surface area contributed by atoms with E-state index >= 15 is 0 Å². The van der Waals surface area contributed by atoms with E-state index in [4.69, 9.17) is 12.2 Å². The molecule has 7 heteroatoms. The monoisotopic (exact) mass is 787 g/mol. The van der Waals surface area contributed by atoms with E-state index in [2.05, 4.69) is 71.8 Å². The molecule has 55 heavy (non-hydrogen) atoms. The van der Waals surface area contributed by atoms with Gasteiger partial charge in [-0.3, -0.25) is 9.59 Å². The number of nitrogens with zero attached hydrogens (tertiary/aromatic N) is 1. The van der Waals surface area contributed by atoms with Gasteiger partial charge < -0.3 is 20.9 Å². The lowest BCUT2D eigenvalue weighted by molar-refractivity contribution is -0.128. The molecule has 0 aliphatic heterocycles. The lowest BCUT2D eigenvalue weighted by atomic mass is 10.1. The molecule has 0 rings (SSSR count). The van der Waals surface area contributed by atoms with Crippen molar-refractivity contribution in [3.8, 4) is 12.8 Å². The number of thiocarbonyl (C=S) groups is 1. The predicted octanol–water partition coefficient (Wildman–Crippen LogP) is 12.6. The second-order valence-electron chi connectivity index (χ2n) is 15.7. The number of nitrogens with one attached hydrogen (secondary N) is 3. The summed E-state index contributed by atoms with van der Waals surface area (Å²) in [6.45, 7) is 6.85. The highest BCUT2D eigenvalue weighted by Crippen LogP contribution is 2.12. The summed E-state index contributed by atoms with van der Waals surface area (Å²) < 4.78 is 0. The third kappa shape index (κ3) is 44.4. The molecule has 0 saturated carbocycles. The zero-order valence-electron chi connectivity index (χ0n) is 36.8. The van der Waals surface area contributed by atoms with Crippen molar-refractivity contribution in [2.75, 3.05) is 33.7 Å². The van der Waals surface area contributed by atoms with Crippen LogP contribution in [0.25, 0.3) is 0 Å². The Bertz CT molecular complexity index is 932. The SMILES string of the molecule is C#C.CCCCCCCC/C=C\CCCCCCCCNC(=O)C(CC(=S)NCCCCCCCC/C=C\CCCCCCCC)NC(=O)CCCN(C)C. The maximum Gasteiger partial charge on any atom is 0.243 e. The molecule has 1 atom stereocenters. The molecule has 0 fully saturated rings. The summed E-state index contributed by atoms with van der Waals surface area (Å²) in [6, 6.07) is -0.629. The van der Waals surface area contributed by atoms with Crippen LogP contribution < -0.4 is 16.0 Å².